The number of benzene rings is 2. The topological polar surface area (TPSA) is 186 Å². The molecule has 4 atom stereocenters. The molecule has 6 aliphatic rings. The number of phenols is 1. The van der Waals surface area contributed by atoms with Gasteiger partial charge in [0, 0.05) is 91.1 Å². The third-order valence-electron chi connectivity index (χ3n) is 15.2. The fourth-order valence-corrected chi connectivity index (χ4v) is 12.1. The number of piperazine rings is 4. The molecule has 0 unspecified atom stereocenters. The highest BCUT2D eigenvalue weighted by molar-refractivity contribution is 6.36. The van der Waals surface area contributed by atoms with Crippen LogP contribution in [-0.4, -0.2) is 216 Å². The summed E-state index contributed by atoms with van der Waals surface area (Å²) in [7, 11) is 4.01. The van der Waals surface area contributed by atoms with E-state index in [4.69, 9.17) is 56.9 Å². The van der Waals surface area contributed by atoms with E-state index < -0.39 is 53.1 Å². The number of ether oxygens (including phenoxy) is 5. The highest BCUT2D eigenvalue weighted by Gasteiger charge is 2.46. The van der Waals surface area contributed by atoms with Crippen molar-refractivity contribution in [3.63, 3.8) is 0 Å². The van der Waals surface area contributed by atoms with Crippen LogP contribution in [0.15, 0.2) is 36.4 Å². The van der Waals surface area contributed by atoms with Crippen molar-refractivity contribution in [2.75, 3.05) is 122 Å². The van der Waals surface area contributed by atoms with Crippen LogP contribution >= 0.6 is 23.2 Å². The Kier molecular flexibility index (Phi) is 15.7. The Labute approximate surface area is 473 Å². The minimum atomic E-state index is -1.09. The van der Waals surface area contributed by atoms with Crippen LogP contribution < -0.4 is 24.0 Å². The summed E-state index contributed by atoms with van der Waals surface area (Å²) >= 11 is 14.4. The summed E-state index contributed by atoms with van der Waals surface area (Å²) in [4.78, 5) is 82.6. The first kappa shape index (κ1) is 56.8. The number of aromatic hydroxyl groups is 1. The first-order chi connectivity index (χ1) is 37.8. The number of halogens is 4. The predicted molar refractivity (Wildman–Crippen MR) is 296 cm³/mol. The number of anilines is 2. The van der Waals surface area contributed by atoms with E-state index in [-0.39, 0.29) is 130 Å². The molecule has 0 radical (unpaired) electrons. The second-order valence-electron chi connectivity index (χ2n) is 23.4. The molecule has 10 rings (SSSR count). The smallest absolute Gasteiger partial charge is 0.507 e. The summed E-state index contributed by atoms with van der Waals surface area (Å²) in [5, 5.41) is 10.7. The number of hydrogen-bond acceptors (Lipinski definition) is 17. The fourth-order valence-electron chi connectivity index (χ4n) is 11.5. The maximum atomic E-state index is 16.6. The highest BCUT2D eigenvalue weighted by Crippen LogP contribution is 2.49. The second-order valence-corrected chi connectivity index (χ2v) is 24.2. The first-order valence-corrected chi connectivity index (χ1v) is 27.7. The maximum absolute atomic E-state index is 16.6. The summed E-state index contributed by atoms with van der Waals surface area (Å²) in [5.74, 6) is -2.48. The van der Waals surface area contributed by atoms with Gasteiger partial charge in [-0.2, -0.15) is 0 Å². The summed E-state index contributed by atoms with van der Waals surface area (Å²) in [6.07, 6.45) is -1.62. The van der Waals surface area contributed by atoms with Gasteiger partial charge in [-0.1, -0.05) is 35.3 Å². The molecule has 0 aliphatic carbocycles. The number of fused-ring (bicyclic) bond motifs is 4. The molecule has 0 saturated carbocycles. The molecular weight excluding hydrogens is 1080 g/mol. The van der Waals surface area contributed by atoms with E-state index in [1.165, 1.54) is 36.4 Å². The molecule has 8 heterocycles. The van der Waals surface area contributed by atoms with Gasteiger partial charge in [-0.3, -0.25) is 14.5 Å². The quantitative estimate of drug-likeness (QED) is 0.143. The molecule has 6 aliphatic heterocycles. The van der Waals surface area contributed by atoms with Crippen LogP contribution in [0.4, 0.5) is 30.0 Å². The molecule has 1 N–H and O–H groups in total. The van der Waals surface area contributed by atoms with Crippen LogP contribution in [0.25, 0.3) is 22.5 Å². The van der Waals surface area contributed by atoms with Gasteiger partial charge < -0.3 is 63.1 Å². The zero-order valence-corrected chi connectivity index (χ0v) is 48.0. The van der Waals surface area contributed by atoms with E-state index in [1.54, 1.807) is 56.2 Å². The number of amides is 3. The SMILES string of the molecule is C[C@H]1CN(C)CCN1c1nc(-c2c(O)cccc2F)c(Cl)c2c1C(=O)N1CCN(C[C@H]3CN(C)CCN3c3nc(-c4c(F)cccc4OC(=O)OC(C)(C)C)c(Cl)c4c3C(=O)N3CCN(C(=O)OC(C)(C)C)C[C@@H]3CO4)C[C@@H]1CO2. The van der Waals surface area contributed by atoms with Gasteiger partial charge in [0.1, 0.15) is 91.7 Å². The van der Waals surface area contributed by atoms with Gasteiger partial charge in [0.25, 0.3) is 11.8 Å². The molecule has 430 valence electrons. The van der Waals surface area contributed by atoms with Gasteiger partial charge >= 0.3 is 12.2 Å². The molecule has 4 fully saturated rings. The summed E-state index contributed by atoms with van der Waals surface area (Å²) in [6, 6.07) is 6.28. The first-order valence-electron chi connectivity index (χ1n) is 27.0. The van der Waals surface area contributed by atoms with Gasteiger partial charge in [-0.05, 0) is 86.8 Å². The van der Waals surface area contributed by atoms with Crippen LogP contribution in [0.1, 0.15) is 69.2 Å². The summed E-state index contributed by atoms with van der Waals surface area (Å²) in [6.45, 7) is 17.4. The number of aromatic nitrogens is 2. The highest BCUT2D eigenvalue weighted by atomic mass is 35.5. The largest absolute Gasteiger partial charge is 0.514 e. The molecule has 20 nitrogen and oxygen atoms in total. The lowest BCUT2D eigenvalue weighted by molar-refractivity contribution is 0.000922. The molecule has 4 saturated heterocycles. The van der Waals surface area contributed by atoms with Crippen LogP contribution in [0.3, 0.4) is 0 Å². The third kappa shape index (κ3) is 11.3. The number of likely N-dealkylation sites (N-methyl/N-ethyl adjacent to an activating group) is 2. The number of rotatable bonds is 7. The predicted octanol–water partition coefficient (Wildman–Crippen LogP) is 7.35. The van der Waals surface area contributed by atoms with Gasteiger partial charge in [-0.25, -0.2) is 28.3 Å². The van der Waals surface area contributed by atoms with E-state index in [2.05, 4.69) is 14.7 Å². The number of nitrogens with zero attached hydrogens (tertiary/aromatic N) is 10. The lowest BCUT2D eigenvalue weighted by Gasteiger charge is -2.46. The standard InChI is InChI=1S/C56H68Cl2F2N10O10/c1-31-24-63(8)16-20-67(31)49-41-47(43(57)45(61-49)39-35(59)12-10-14-37(39)71)76-29-33-27-65(18-22-69(33)51(41)72)26-32-25-64(9)17-21-68(32)50-42-48(77-30-34-28-66(19-23-70(34)52(42)73)53(74)79-55(2,3)4)44(58)46(62-50)40-36(60)13-11-15-38(40)78-54(75)80-56(5,6)7/h10-15,31-34,71H,16-30H2,1-9H3/t31-,32+,33+,34+/m0/s1. The van der Waals surface area contributed by atoms with E-state index >= 15 is 18.4 Å². The normalized spacial score (nSPS) is 22.3. The molecule has 3 amide bonds. The monoisotopic (exact) mass is 1150 g/mol. The van der Waals surface area contributed by atoms with Gasteiger partial charge in [0.15, 0.2) is 11.5 Å². The van der Waals surface area contributed by atoms with Crippen molar-refractivity contribution in [1.82, 2.24) is 39.4 Å². The van der Waals surface area contributed by atoms with Crippen LogP contribution in [0, 0.1) is 11.6 Å². The van der Waals surface area contributed by atoms with Crippen molar-refractivity contribution in [3.05, 3.63) is 69.2 Å². The Hall–Kier alpha value is -6.46. The average molecular weight is 1150 g/mol. The van der Waals surface area contributed by atoms with Gasteiger partial charge in [0.05, 0.1) is 29.3 Å². The van der Waals surface area contributed by atoms with Crippen molar-refractivity contribution < 1.29 is 56.7 Å². The minimum absolute atomic E-state index is 0.0217. The second kappa shape index (κ2) is 22.1. The zero-order chi connectivity index (χ0) is 57.3. The molecule has 80 heavy (non-hydrogen) atoms. The Morgan fingerprint density at radius 2 is 1.19 bits per heavy atom. The molecule has 24 heteroatoms. The van der Waals surface area contributed by atoms with E-state index in [0.29, 0.717) is 64.7 Å². The lowest BCUT2D eigenvalue weighted by Crippen LogP contribution is -2.62. The van der Waals surface area contributed by atoms with Crippen molar-refractivity contribution in [2.45, 2.75) is 83.8 Å². The Bertz CT molecular complexity index is 3090. The molecule has 0 spiro atoms. The van der Waals surface area contributed by atoms with Crippen molar-refractivity contribution in [3.8, 4) is 45.5 Å². The average Bonchev–Trinajstić information content (AvgIpc) is 3.63. The van der Waals surface area contributed by atoms with Crippen molar-refractivity contribution in [1.29, 1.82) is 0 Å². The fraction of sp³-hybridized carbons (Fsp3) is 0.536. The van der Waals surface area contributed by atoms with Crippen LogP contribution in [0.5, 0.6) is 23.0 Å². The number of pyridine rings is 2. The van der Waals surface area contributed by atoms with E-state index in [9.17, 15) is 14.7 Å². The molecule has 0 bridgehead atoms. The number of phenolic OH excluding ortho intramolecular Hbond substituents is 1. The number of carbonyl (C=O) groups excluding carboxylic acids is 4. The van der Waals surface area contributed by atoms with E-state index in [0.717, 1.165) is 0 Å². The van der Waals surface area contributed by atoms with Crippen molar-refractivity contribution >= 4 is 58.9 Å². The maximum Gasteiger partial charge on any atom is 0.514 e. The summed E-state index contributed by atoms with van der Waals surface area (Å²) < 4.78 is 62.2. The summed E-state index contributed by atoms with van der Waals surface area (Å²) in [5.41, 5.74) is -2.13. The van der Waals surface area contributed by atoms with Crippen LogP contribution in [-0.2, 0) is 9.47 Å². The molecule has 2 aromatic carbocycles. The lowest BCUT2D eigenvalue weighted by atomic mass is 10.0. The number of hydrogen-bond donors (Lipinski definition) is 1. The minimum Gasteiger partial charge on any atom is -0.507 e. The Morgan fingerprint density at radius 1 is 0.662 bits per heavy atom. The molecule has 4 aromatic rings. The van der Waals surface area contributed by atoms with Gasteiger partial charge in [0.2, 0.25) is 0 Å². The zero-order valence-electron chi connectivity index (χ0n) is 46.5. The molecule has 2 aromatic heterocycles. The molecular formula is C56H68Cl2F2N10O10. The van der Waals surface area contributed by atoms with Gasteiger partial charge in [-0.15, -0.1) is 0 Å². The Balaban J connectivity index is 1.00. The Morgan fingerprint density at radius 3 is 1.79 bits per heavy atom. The third-order valence-corrected chi connectivity index (χ3v) is 15.9. The van der Waals surface area contributed by atoms with E-state index in [1.807, 2.05) is 30.8 Å². The van der Waals surface area contributed by atoms with Crippen molar-refractivity contribution in [2.24, 2.45) is 0 Å². The van der Waals surface area contributed by atoms with Crippen LogP contribution in [0.2, 0.25) is 10.0 Å². The number of carbonyl (C=O) groups is 4.